The van der Waals surface area contributed by atoms with Crippen LogP contribution in [0.15, 0.2) is 28.2 Å². The Morgan fingerprint density at radius 3 is 3.08 bits per heavy atom. The van der Waals surface area contributed by atoms with Crippen LogP contribution in [-0.4, -0.2) is 29.0 Å². The Morgan fingerprint density at radius 1 is 1.44 bits per heavy atom. The van der Waals surface area contributed by atoms with E-state index in [0.717, 1.165) is 33.3 Å². The van der Waals surface area contributed by atoms with Gasteiger partial charge in [0.2, 0.25) is 0 Å². The number of rotatable bonds is 8. The molecule has 1 aliphatic rings. The van der Waals surface area contributed by atoms with Crippen LogP contribution >= 0.6 is 38.6 Å². The maximum Gasteiger partial charge on any atom is 0.120 e. The maximum absolute atomic E-state index is 6.24. The molecule has 0 radical (unpaired) electrons. The molecule has 0 aromatic carbocycles. The van der Waals surface area contributed by atoms with E-state index in [4.69, 9.17) is 10.5 Å². The van der Waals surface area contributed by atoms with Gasteiger partial charge in [-0.1, -0.05) is 6.07 Å². The van der Waals surface area contributed by atoms with Crippen molar-refractivity contribution in [3.05, 3.63) is 37.9 Å². The molecule has 3 aromatic heterocycles. The summed E-state index contributed by atoms with van der Waals surface area (Å²) >= 11 is 7.15. The van der Waals surface area contributed by atoms with Crippen molar-refractivity contribution in [2.75, 3.05) is 11.9 Å². The van der Waals surface area contributed by atoms with Gasteiger partial charge < -0.3 is 15.8 Å². The molecule has 0 saturated heterocycles. The standard InChI is InChI=1S/C17H19BrN4OS2/c18-15-14(6-10(19)9-23-11-3-4-11)25-17-13(8-21-22-16(15)17)20-7-12-2-1-5-24-12/h1-2,5,8,10-11H,3-4,6-7,9,19H2,(H,20,22)/t10-/m1/s1. The monoisotopic (exact) mass is 438 g/mol. The molecule has 0 bridgehead atoms. The van der Waals surface area contributed by atoms with Gasteiger partial charge in [-0.2, -0.15) is 5.10 Å². The molecule has 3 aromatic rings. The second-order valence-corrected chi connectivity index (χ2v) is 9.14. The molecule has 0 spiro atoms. The summed E-state index contributed by atoms with van der Waals surface area (Å²) in [5, 5.41) is 14.0. The van der Waals surface area contributed by atoms with Crippen LogP contribution in [0, 0.1) is 0 Å². The number of aromatic nitrogens is 2. The predicted octanol–water partition coefficient (Wildman–Crippen LogP) is 4.18. The van der Waals surface area contributed by atoms with Gasteiger partial charge in [-0.25, -0.2) is 0 Å². The van der Waals surface area contributed by atoms with E-state index in [-0.39, 0.29) is 6.04 Å². The SMILES string of the molecule is N[C@@H](COC1CC1)Cc1sc2c(NCc3cccs3)cnnc2c1Br. The minimum absolute atomic E-state index is 0.000416. The van der Waals surface area contributed by atoms with Crippen LogP contribution in [0.3, 0.4) is 0 Å². The number of nitrogens with zero attached hydrogens (tertiary/aromatic N) is 2. The van der Waals surface area contributed by atoms with E-state index in [2.05, 4.69) is 49.0 Å². The third kappa shape index (κ3) is 4.20. The van der Waals surface area contributed by atoms with E-state index in [0.29, 0.717) is 12.7 Å². The lowest BCUT2D eigenvalue weighted by molar-refractivity contribution is 0.107. The Bertz CT molecular complexity index is 848. The number of hydrogen-bond acceptors (Lipinski definition) is 7. The zero-order valence-electron chi connectivity index (χ0n) is 13.6. The summed E-state index contributed by atoms with van der Waals surface area (Å²) in [6, 6.07) is 4.19. The molecule has 0 unspecified atom stereocenters. The summed E-state index contributed by atoms with van der Waals surface area (Å²) in [5.74, 6) is 0. The summed E-state index contributed by atoms with van der Waals surface area (Å²) in [5.41, 5.74) is 8.15. The molecule has 8 heteroatoms. The number of nitrogens with one attached hydrogen (secondary N) is 1. The number of nitrogens with two attached hydrogens (primary N) is 1. The smallest absolute Gasteiger partial charge is 0.120 e. The van der Waals surface area contributed by atoms with E-state index in [1.807, 2.05) is 0 Å². The van der Waals surface area contributed by atoms with E-state index >= 15 is 0 Å². The zero-order valence-corrected chi connectivity index (χ0v) is 16.8. The molecule has 0 aliphatic heterocycles. The summed E-state index contributed by atoms with van der Waals surface area (Å²) in [6.45, 7) is 1.40. The summed E-state index contributed by atoms with van der Waals surface area (Å²) < 4.78 is 7.85. The second-order valence-electron chi connectivity index (χ2n) is 6.21. The topological polar surface area (TPSA) is 73.1 Å². The van der Waals surface area contributed by atoms with Gasteiger partial charge in [0.05, 0.1) is 33.8 Å². The second kappa shape index (κ2) is 7.67. The first-order valence-electron chi connectivity index (χ1n) is 8.26. The van der Waals surface area contributed by atoms with Gasteiger partial charge in [-0.15, -0.1) is 27.8 Å². The first-order chi connectivity index (χ1) is 12.2. The first kappa shape index (κ1) is 17.4. The lowest BCUT2D eigenvalue weighted by Crippen LogP contribution is -2.28. The fourth-order valence-corrected chi connectivity index (χ4v) is 5.23. The number of fused-ring (bicyclic) bond motifs is 1. The first-order valence-corrected chi connectivity index (χ1v) is 10.8. The maximum atomic E-state index is 6.24. The normalized spacial score (nSPS) is 15.6. The van der Waals surface area contributed by atoms with Crippen LogP contribution in [-0.2, 0) is 17.7 Å². The number of anilines is 1. The lowest BCUT2D eigenvalue weighted by Gasteiger charge is -2.10. The van der Waals surface area contributed by atoms with E-state index in [1.54, 1.807) is 28.9 Å². The van der Waals surface area contributed by atoms with Gasteiger partial charge in [-0.05, 0) is 40.2 Å². The average Bonchev–Trinajstić information content (AvgIpc) is 3.20. The Hall–Kier alpha value is -1.06. The highest BCUT2D eigenvalue weighted by Crippen LogP contribution is 2.38. The van der Waals surface area contributed by atoms with Crippen LogP contribution in [0.2, 0.25) is 0 Å². The Morgan fingerprint density at radius 2 is 2.32 bits per heavy atom. The van der Waals surface area contributed by atoms with Gasteiger partial charge in [0.25, 0.3) is 0 Å². The van der Waals surface area contributed by atoms with Crippen LogP contribution in [0.5, 0.6) is 0 Å². The zero-order chi connectivity index (χ0) is 17.2. The fourth-order valence-electron chi connectivity index (χ4n) is 2.57. The number of hydrogen-bond donors (Lipinski definition) is 2. The van der Waals surface area contributed by atoms with Crippen LogP contribution in [0.4, 0.5) is 5.69 Å². The molecule has 132 valence electrons. The minimum Gasteiger partial charge on any atom is -0.378 e. The number of halogens is 1. The van der Waals surface area contributed by atoms with Crippen molar-refractivity contribution in [3.63, 3.8) is 0 Å². The van der Waals surface area contributed by atoms with E-state index in [9.17, 15) is 0 Å². The van der Waals surface area contributed by atoms with Gasteiger partial charge >= 0.3 is 0 Å². The Balaban J connectivity index is 1.50. The van der Waals surface area contributed by atoms with Crippen molar-refractivity contribution in [1.29, 1.82) is 0 Å². The average molecular weight is 439 g/mol. The number of ether oxygens (including phenoxy) is 1. The largest absolute Gasteiger partial charge is 0.378 e. The van der Waals surface area contributed by atoms with E-state index < -0.39 is 0 Å². The molecular weight excluding hydrogens is 420 g/mol. The highest BCUT2D eigenvalue weighted by molar-refractivity contribution is 9.10. The third-order valence-corrected chi connectivity index (χ3v) is 7.26. The molecule has 25 heavy (non-hydrogen) atoms. The molecule has 3 N–H and O–H groups in total. The summed E-state index contributed by atoms with van der Waals surface area (Å²) in [4.78, 5) is 2.49. The van der Waals surface area contributed by atoms with Crippen molar-refractivity contribution in [2.45, 2.75) is 38.0 Å². The van der Waals surface area contributed by atoms with Gasteiger partial charge in [0.15, 0.2) is 0 Å². The molecule has 3 heterocycles. The summed E-state index contributed by atoms with van der Waals surface area (Å²) in [6.07, 6.45) is 5.36. The van der Waals surface area contributed by atoms with Gasteiger partial charge in [0.1, 0.15) is 5.52 Å². The fraction of sp³-hybridized carbons (Fsp3) is 0.412. The van der Waals surface area contributed by atoms with Gasteiger partial charge in [0, 0.05) is 28.8 Å². The van der Waals surface area contributed by atoms with Crippen molar-refractivity contribution < 1.29 is 4.74 Å². The predicted molar refractivity (Wildman–Crippen MR) is 107 cm³/mol. The van der Waals surface area contributed by atoms with E-state index in [1.165, 1.54) is 22.6 Å². The Labute approximate surface area is 162 Å². The quantitative estimate of drug-likeness (QED) is 0.551. The molecule has 5 nitrogen and oxygen atoms in total. The van der Waals surface area contributed by atoms with Crippen molar-refractivity contribution in [3.8, 4) is 0 Å². The van der Waals surface area contributed by atoms with Crippen LogP contribution < -0.4 is 11.1 Å². The third-order valence-electron chi connectivity index (χ3n) is 4.03. The Kier molecular flexibility index (Phi) is 5.33. The van der Waals surface area contributed by atoms with Crippen LogP contribution in [0.25, 0.3) is 10.2 Å². The van der Waals surface area contributed by atoms with Crippen molar-refractivity contribution in [1.82, 2.24) is 10.2 Å². The lowest BCUT2D eigenvalue weighted by atomic mass is 10.2. The minimum atomic E-state index is 0.000416. The highest BCUT2D eigenvalue weighted by Gasteiger charge is 2.23. The molecule has 0 amide bonds. The van der Waals surface area contributed by atoms with Crippen LogP contribution in [0.1, 0.15) is 22.6 Å². The molecule has 1 atom stereocenters. The van der Waals surface area contributed by atoms with Gasteiger partial charge in [-0.3, -0.25) is 0 Å². The molecule has 1 fully saturated rings. The highest BCUT2D eigenvalue weighted by atomic mass is 79.9. The molecule has 1 saturated carbocycles. The van der Waals surface area contributed by atoms with Crippen molar-refractivity contribution >= 4 is 54.5 Å². The molecule has 1 aliphatic carbocycles. The number of thiophene rings is 2. The molecule has 4 rings (SSSR count). The molecular formula is C17H19BrN4OS2. The van der Waals surface area contributed by atoms with Crippen molar-refractivity contribution in [2.24, 2.45) is 5.73 Å². The summed E-state index contributed by atoms with van der Waals surface area (Å²) in [7, 11) is 0.